The molecule has 2 heterocycles. The molecule has 10 nitrogen and oxygen atoms in total. The summed E-state index contributed by atoms with van der Waals surface area (Å²) in [7, 11) is 10.3. The zero-order chi connectivity index (χ0) is 18.7. The first kappa shape index (κ1) is 18.3. The molecule has 2 aromatic rings. The Morgan fingerprint density at radius 1 is 1.04 bits per heavy atom. The number of anilines is 2. The molecule has 0 unspecified atom stereocenters. The Labute approximate surface area is 146 Å². The standard InChI is InChI=1S/C15H24N8O2/c1-16-14(24)11-13(19-9-22(11)5)20(3)7-10-12(18-8-21(10)4)23(6)15(25)17-2/h8-9H,7H2,1-6H3,(H,16,24)(H,17,25). The van der Waals surface area contributed by atoms with E-state index in [4.69, 9.17) is 0 Å². The maximum atomic E-state index is 12.1. The van der Waals surface area contributed by atoms with Crippen LogP contribution in [0.1, 0.15) is 16.2 Å². The van der Waals surface area contributed by atoms with Crippen molar-refractivity contribution >= 4 is 23.6 Å². The molecule has 0 fully saturated rings. The third-order valence-electron chi connectivity index (χ3n) is 3.98. The maximum absolute atomic E-state index is 12.1. The van der Waals surface area contributed by atoms with Crippen LogP contribution >= 0.6 is 0 Å². The van der Waals surface area contributed by atoms with Crippen molar-refractivity contribution in [2.24, 2.45) is 14.1 Å². The number of rotatable bonds is 5. The molecule has 10 heteroatoms. The number of amides is 3. The Kier molecular flexibility index (Phi) is 5.30. The largest absolute Gasteiger partial charge is 0.354 e. The number of aromatic nitrogens is 4. The van der Waals surface area contributed by atoms with Crippen molar-refractivity contribution in [1.29, 1.82) is 0 Å². The summed E-state index contributed by atoms with van der Waals surface area (Å²) in [5.74, 6) is 0.886. The van der Waals surface area contributed by atoms with Gasteiger partial charge in [0, 0.05) is 42.3 Å². The summed E-state index contributed by atoms with van der Waals surface area (Å²) in [5.41, 5.74) is 1.29. The van der Waals surface area contributed by atoms with Gasteiger partial charge in [0.05, 0.1) is 24.9 Å². The van der Waals surface area contributed by atoms with Crippen molar-refractivity contribution in [3.8, 4) is 0 Å². The van der Waals surface area contributed by atoms with Crippen LogP contribution in [0, 0.1) is 0 Å². The molecule has 0 aliphatic heterocycles. The van der Waals surface area contributed by atoms with E-state index < -0.39 is 0 Å². The highest BCUT2D eigenvalue weighted by atomic mass is 16.2. The van der Waals surface area contributed by atoms with E-state index in [1.165, 1.54) is 4.90 Å². The first-order valence-electron chi connectivity index (χ1n) is 7.71. The lowest BCUT2D eigenvalue weighted by Crippen LogP contribution is -2.36. The van der Waals surface area contributed by atoms with Gasteiger partial charge in [-0.1, -0.05) is 0 Å². The fourth-order valence-electron chi connectivity index (χ4n) is 2.55. The highest BCUT2D eigenvalue weighted by Gasteiger charge is 2.23. The molecule has 3 amide bonds. The van der Waals surface area contributed by atoms with Crippen LogP contribution in [-0.2, 0) is 20.6 Å². The minimum Gasteiger partial charge on any atom is -0.354 e. The molecule has 0 saturated heterocycles. The van der Waals surface area contributed by atoms with E-state index in [1.54, 1.807) is 45.4 Å². The molecule has 25 heavy (non-hydrogen) atoms. The minimum absolute atomic E-state index is 0.213. The molecule has 136 valence electrons. The lowest BCUT2D eigenvalue weighted by molar-refractivity contribution is 0.0955. The summed E-state index contributed by atoms with van der Waals surface area (Å²) in [4.78, 5) is 35.9. The first-order chi connectivity index (χ1) is 11.8. The topological polar surface area (TPSA) is 100 Å². The van der Waals surface area contributed by atoms with E-state index in [-0.39, 0.29) is 11.9 Å². The molecule has 0 atom stereocenters. The number of nitrogens with one attached hydrogen (secondary N) is 2. The average Bonchev–Trinajstić information content (AvgIpc) is 3.16. The maximum Gasteiger partial charge on any atom is 0.322 e. The third kappa shape index (κ3) is 3.42. The van der Waals surface area contributed by atoms with Crippen LogP contribution < -0.4 is 20.4 Å². The van der Waals surface area contributed by atoms with Gasteiger partial charge >= 0.3 is 6.03 Å². The molecule has 0 radical (unpaired) electrons. The van der Waals surface area contributed by atoms with Crippen molar-refractivity contribution in [3.63, 3.8) is 0 Å². The minimum atomic E-state index is -0.258. The average molecular weight is 348 g/mol. The Morgan fingerprint density at radius 3 is 2.24 bits per heavy atom. The van der Waals surface area contributed by atoms with Gasteiger partial charge in [0.2, 0.25) is 0 Å². The molecule has 0 aromatic carbocycles. The molecular weight excluding hydrogens is 324 g/mol. The SMILES string of the molecule is CNC(=O)c1c(N(C)Cc2c(N(C)C(=O)NC)ncn2C)ncn1C. The number of urea groups is 1. The fraction of sp³-hybridized carbons (Fsp3) is 0.467. The van der Waals surface area contributed by atoms with Crippen LogP contribution in [0.25, 0.3) is 0 Å². The number of imidazole rings is 2. The number of hydrogen-bond acceptors (Lipinski definition) is 5. The number of aryl methyl sites for hydroxylation is 2. The summed E-state index contributed by atoms with van der Waals surface area (Å²) >= 11 is 0. The van der Waals surface area contributed by atoms with Crippen molar-refractivity contribution in [2.45, 2.75) is 6.54 Å². The van der Waals surface area contributed by atoms with Crippen molar-refractivity contribution < 1.29 is 9.59 Å². The molecule has 0 spiro atoms. The lowest BCUT2D eigenvalue weighted by atomic mass is 10.3. The molecular formula is C15H24N8O2. The van der Waals surface area contributed by atoms with Crippen LogP contribution in [0.5, 0.6) is 0 Å². The summed E-state index contributed by atoms with van der Waals surface area (Å²) < 4.78 is 3.51. The molecule has 0 aliphatic carbocycles. The normalized spacial score (nSPS) is 10.5. The monoisotopic (exact) mass is 348 g/mol. The van der Waals surface area contributed by atoms with Crippen molar-refractivity contribution in [3.05, 3.63) is 24.0 Å². The van der Waals surface area contributed by atoms with E-state index in [0.717, 1.165) is 5.69 Å². The van der Waals surface area contributed by atoms with Crippen LogP contribution in [0.3, 0.4) is 0 Å². The predicted octanol–water partition coefficient (Wildman–Crippen LogP) is -0.0748. The molecule has 0 saturated carbocycles. The predicted molar refractivity (Wildman–Crippen MR) is 94.8 cm³/mol. The number of carbonyl (C=O) groups excluding carboxylic acids is 2. The van der Waals surface area contributed by atoms with Gasteiger partial charge in [-0.05, 0) is 0 Å². The van der Waals surface area contributed by atoms with Gasteiger partial charge in [0.1, 0.15) is 0 Å². The van der Waals surface area contributed by atoms with E-state index in [1.807, 2.05) is 23.6 Å². The van der Waals surface area contributed by atoms with E-state index >= 15 is 0 Å². The van der Waals surface area contributed by atoms with Gasteiger partial charge < -0.3 is 24.7 Å². The van der Waals surface area contributed by atoms with Gasteiger partial charge in [0.25, 0.3) is 5.91 Å². The van der Waals surface area contributed by atoms with Crippen LogP contribution in [0.2, 0.25) is 0 Å². The second-order valence-electron chi connectivity index (χ2n) is 5.70. The molecule has 2 rings (SSSR count). The Bertz CT molecular complexity index is 779. The highest BCUT2D eigenvalue weighted by molar-refractivity contribution is 5.97. The summed E-state index contributed by atoms with van der Waals surface area (Å²) in [5, 5.41) is 5.20. The first-order valence-corrected chi connectivity index (χ1v) is 7.71. The quantitative estimate of drug-likeness (QED) is 0.787. The van der Waals surface area contributed by atoms with Gasteiger partial charge in [-0.25, -0.2) is 14.8 Å². The third-order valence-corrected chi connectivity index (χ3v) is 3.98. The Morgan fingerprint density at radius 2 is 1.64 bits per heavy atom. The van der Waals surface area contributed by atoms with E-state index in [2.05, 4.69) is 20.6 Å². The summed E-state index contributed by atoms with van der Waals surface area (Å²) in [6.45, 7) is 0.425. The van der Waals surface area contributed by atoms with Gasteiger partial charge in [-0.15, -0.1) is 0 Å². The molecule has 0 bridgehead atoms. The Hall–Kier alpha value is -3.04. The Balaban J connectivity index is 2.34. The molecule has 2 aromatic heterocycles. The van der Waals surface area contributed by atoms with Gasteiger partial charge in [-0.3, -0.25) is 9.69 Å². The van der Waals surface area contributed by atoms with Crippen LogP contribution in [0.15, 0.2) is 12.7 Å². The van der Waals surface area contributed by atoms with E-state index in [0.29, 0.717) is 23.9 Å². The smallest absolute Gasteiger partial charge is 0.322 e. The number of carbonyl (C=O) groups is 2. The fourth-order valence-corrected chi connectivity index (χ4v) is 2.55. The zero-order valence-corrected chi connectivity index (χ0v) is 15.4. The second kappa shape index (κ2) is 7.24. The van der Waals surface area contributed by atoms with Crippen LogP contribution in [-0.4, -0.2) is 59.2 Å². The van der Waals surface area contributed by atoms with Crippen LogP contribution in [0.4, 0.5) is 16.4 Å². The summed E-state index contributed by atoms with van der Waals surface area (Å²) in [6.07, 6.45) is 3.24. The number of hydrogen-bond donors (Lipinski definition) is 2. The molecule has 0 aliphatic rings. The zero-order valence-electron chi connectivity index (χ0n) is 15.4. The lowest BCUT2D eigenvalue weighted by Gasteiger charge is -2.22. The van der Waals surface area contributed by atoms with Gasteiger partial charge in [0.15, 0.2) is 17.3 Å². The van der Waals surface area contributed by atoms with Crippen molar-refractivity contribution in [1.82, 2.24) is 29.7 Å². The highest BCUT2D eigenvalue weighted by Crippen LogP contribution is 2.23. The number of nitrogens with zero attached hydrogens (tertiary/aromatic N) is 6. The molecule has 2 N–H and O–H groups in total. The van der Waals surface area contributed by atoms with Gasteiger partial charge in [-0.2, -0.15) is 0 Å². The van der Waals surface area contributed by atoms with E-state index in [9.17, 15) is 9.59 Å². The van der Waals surface area contributed by atoms with Crippen molar-refractivity contribution in [2.75, 3.05) is 38.0 Å². The summed E-state index contributed by atoms with van der Waals surface area (Å²) in [6, 6.07) is -0.258. The second-order valence-corrected chi connectivity index (χ2v) is 5.70.